The van der Waals surface area contributed by atoms with Gasteiger partial charge in [0, 0.05) is 12.2 Å². The number of amides is 4. The van der Waals surface area contributed by atoms with Crippen LogP contribution in [0.25, 0.3) is 0 Å². The van der Waals surface area contributed by atoms with E-state index in [0.29, 0.717) is 12.2 Å². The molecule has 9 nitrogen and oxygen atoms in total. The van der Waals surface area contributed by atoms with Crippen LogP contribution in [0.2, 0.25) is 0 Å². The molecule has 0 heterocycles. The Labute approximate surface area is 151 Å². The third kappa shape index (κ3) is 8.13. The first-order valence-corrected chi connectivity index (χ1v) is 7.95. The van der Waals surface area contributed by atoms with E-state index in [0.717, 1.165) is 0 Å². The molecule has 0 aromatic heterocycles. The molecule has 1 aromatic rings. The van der Waals surface area contributed by atoms with Gasteiger partial charge in [0.1, 0.15) is 5.60 Å². The molecule has 9 heteroatoms. The van der Waals surface area contributed by atoms with Crippen molar-refractivity contribution in [3.8, 4) is 0 Å². The largest absolute Gasteiger partial charge is 0.452 e. The van der Waals surface area contributed by atoms with Gasteiger partial charge in [0.25, 0.3) is 5.91 Å². The van der Waals surface area contributed by atoms with Crippen LogP contribution in [0.5, 0.6) is 0 Å². The van der Waals surface area contributed by atoms with Gasteiger partial charge in [0.05, 0.1) is 5.56 Å². The summed E-state index contributed by atoms with van der Waals surface area (Å²) >= 11 is 0. The summed E-state index contributed by atoms with van der Waals surface area (Å²) in [7, 11) is 0. The van der Waals surface area contributed by atoms with Crippen LogP contribution in [0, 0.1) is 0 Å². The van der Waals surface area contributed by atoms with E-state index in [-0.39, 0.29) is 5.56 Å². The van der Waals surface area contributed by atoms with Crippen molar-refractivity contribution in [2.45, 2.75) is 33.3 Å². The van der Waals surface area contributed by atoms with Crippen molar-refractivity contribution in [3.63, 3.8) is 0 Å². The SMILES string of the molecule is CCNC(=O)NC(=O)COC(=O)c1cccc(NC(=O)OC(C)(C)C)c1. The first kappa shape index (κ1) is 20.9. The summed E-state index contributed by atoms with van der Waals surface area (Å²) in [6.45, 7) is 6.63. The lowest BCUT2D eigenvalue weighted by Gasteiger charge is -2.19. The Morgan fingerprint density at radius 3 is 2.42 bits per heavy atom. The minimum atomic E-state index is -0.774. The molecule has 1 aromatic carbocycles. The van der Waals surface area contributed by atoms with Crippen LogP contribution in [0.4, 0.5) is 15.3 Å². The van der Waals surface area contributed by atoms with Gasteiger partial charge >= 0.3 is 18.1 Å². The van der Waals surface area contributed by atoms with Gasteiger partial charge < -0.3 is 14.8 Å². The molecule has 0 unspecified atom stereocenters. The number of benzene rings is 1. The number of carbonyl (C=O) groups is 4. The molecule has 0 radical (unpaired) electrons. The van der Waals surface area contributed by atoms with Crippen LogP contribution >= 0.6 is 0 Å². The number of anilines is 1. The average molecular weight is 365 g/mol. The smallest absolute Gasteiger partial charge is 0.412 e. The maximum atomic E-state index is 12.0. The summed E-state index contributed by atoms with van der Waals surface area (Å²) < 4.78 is 9.96. The molecule has 26 heavy (non-hydrogen) atoms. The van der Waals surface area contributed by atoms with Crippen molar-refractivity contribution in [2.75, 3.05) is 18.5 Å². The summed E-state index contributed by atoms with van der Waals surface area (Å²) in [5.74, 6) is -1.53. The van der Waals surface area contributed by atoms with Crippen molar-refractivity contribution in [1.82, 2.24) is 10.6 Å². The molecule has 0 spiro atoms. The van der Waals surface area contributed by atoms with Crippen molar-refractivity contribution < 1.29 is 28.7 Å². The number of urea groups is 1. The Balaban J connectivity index is 2.58. The van der Waals surface area contributed by atoms with Crippen molar-refractivity contribution in [3.05, 3.63) is 29.8 Å². The zero-order chi connectivity index (χ0) is 19.7. The Bertz CT molecular complexity index is 681. The van der Waals surface area contributed by atoms with Gasteiger partial charge in [0.2, 0.25) is 0 Å². The summed E-state index contributed by atoms with van der Waals surface area (Å²) in [6.07, 6.45) is -0.663. The van der Waals surface area contributed by atoms with Crippen molar-refractivity contribution in [1.29, 1.82) is 0 Å². The summed E-state index contributed by atoms with van der Waals surface area (Å²) in [6, 6.07) is 5.29. The monoisotopic (exact) mass is 365 g/mol. The highest BCUT2D eigenvalue weighted by molar-refractivity contribution is 5.97. The van der Waals surface area contributed by atoms with E-state index < -0.39 is 36.2 Å². The van der Waals surface area contributed by atoms with Gasteiger partial charge in [-0.05, 0) is 45.9 Å². The molecular weight excluding hydrogens is 342 g/mol. The number of nitrogens with one attached hydrogen (secondary N) is 3. The summed E-state index contributed by atoms with van der Waals surface area (Å²) in [5, 5.41) is 6.88. The number of esters is 1. The summed E-state index contributed by atoms with van der Waals surface area (Å²) in [4.78, 5) is 46.4. The van der Waals surface area contributed by atoms with Crippen molar-refractivity contribution >= 4 is 29.7 Å². The lowest BCUT2D eigenvalue weighted by molar-refractivity contribution is -0.123. The topological polar surface area (TPSA) is 123 Å². The molecule has 0 aliphatic carbocycles. The molecule has 0 saturated heterocycles. The Kier molecular flexibility index (Phi) is 7.57. The number of hydrogen-bond donors (Lipinski definition) is 3. The lowest BCUT2D eigenvalue weighted by Crippen LogP contribution is -2.41. The molecule has 4 amide bonds. The number of imide groups is 1. The fourth-order valence-electron chi connectivity index (χ4n) is 1.73. The number of hydrogen-bond acceptors (Lipinski definition) is 6. The quantitative estimate of drug-likeness (QED) is 0.686. The van der Waals surface area contributed by atoms with E-state index in [4.69, 9.17) is 9.47 Å². The fraction of sp³-hybridized carbons (Fsp3) is 0.412. The Morgan fingerprint density at radius 1 is 1.12 bits per heavy atom. The molecule has 1 rings (SSSR count). The fourth-order valence-corrected chi connectivity index (χ4v) is 1.73. The van der Waals surface area contributed by atoms with E-state index in [2.05, 4.69) is 10.6 Å². The molecule has 0 saturated carbocycles. The van der Waals surface area contributed by atoms with Crippen molar-refractivity contribution in [2.24, 2.45) is 0 Å². The normalized spacial score (nSPS) is 10.5. The lowest BCUT2D eigenvalue weighted by atomic mass is 10.2. The molecule has 0 aliphatic rings. The van der Waals surface area contributed by atoms with Gasteiger partial charge in [-0.3, -0.25) is 15.4 Å². The highest BCUT2D eigenvalue weighted by atomic mass is 16.6. The molecular formula is C17H23N3O6. The third-order valence-electron chi connectivity index (χ3n) is 2.67. The van der Waals surface area contributed by atoms with E-state index >= 15 is 0 Å². The minimum Gasteiger partial charge on any atom is -0.452 e. The van der Waals surface area contributed by atoms with Gasteiger partial charge in [-0.25, -0.2) is 14.4 Å². The van der Waals surface area contributed by atoms with Gasteiger partial charge in [-0.2, -0.15) is 0 Å². The van der Waals surface area contributed by atoms with E-state index in [1.807, 2.05) is 5.32 Å². The van der Waals surface area contributed by atoms with Crippen LogP contribution in [-0.4, -0.2) is 42.8 Å². The third-order valence-corrected chi connectivity index (χ3v) is 2.67. The van der Waals surface area contributed by atoms with Crippen LogP contribution in [0.1, 0.15) is 38.1 Å². The first-order chi connectivity index (χ1) is 12.1. The Morgan fingerprint density at radius 2 is 1.81 bits per heavy atom. The predicted molar refractivity (Wildman–Crippen MR) is 93.8 cm³/mol. The second kappa shape index (κ2) is 9.40. The Hall–Kier alpha value is -3.10. The van der Waals surface area contributed by atoms with E-state index in [9.17, 15) is 19.2 Å². The predicted octanol–water partition coefficient (Wildman–Crippen LogP) is 2.04. The highest BCUT2D eigenvalue weighted by Gasteiger charge is 2.17. The maximum Gasteiger partial charge on any atom is 0.412 e. The van der Waals surface area contributed by atoms with Crippen LogP contribution < -0.4 is 16.0 Å². The zero-order valence-electron chi connectivity index (χ0n) is 15.2. The number of carbonyl (C=O) groups excluding carboxylic acids is 4. The summed E-state index contributed by atoms with van der Waals surface area (Å²) in [5.41, 5.74) is -0.192. The molecule has 0 aliphatic heterocycles. The number of rotatable bonds is 5. The minimum absolute atomic E-state index is 0.129. The molecule has 0 atom stereocenters. The molecule has 0 bridgehead atoms. The van der Waals surface area contributed by atoms with Crippen LogP contribution in [0.3, 0.4) is 0 Å². The second-order valence-electron chi connectivity index (χ2n) is 6.19. The van der Waals surface area contributed by atoms with Crippen LogP contribution in [-0.2, 0) is 14.3 Å². The highest BCUT2D eigenvalue weighted by Crippen LogP contribution is 2.14. The van der Waals surface area contributed by atoms with Gasteiger partial charge in [-0.15, -0.1) is 0 Å². The standard InChI is InChI=1S/C17H23N3O6/c1-5-18-15(23)20-13(21)10-25-14(22)11-7-6-8-12(9-11)19-16(24)26-17(2,3)4/h6-9H,5,10H2,1-4H3,(H,19,24)(H2,18,20,21,23). The molecule has 3 N–H and O–H groups in total. The maximum absolute atomic E-state index is 12.0. The van der Waals surface area contributed by atoms with E-state index in [1.54, 1.807) is 33.8 Å². The second-order valence-corrected chi connectivity index (χ2v) is 6.19. The van der Waals surface area contributed by atoms with Crippen LogP contribution in [0.15, 0.2) is 24.3 Å². The molecule has 0 fully saturated rings. The first-order valence-electron chi connectivity index (χ1n) is 7.95. The molecule has 142 valence electrons. The van der Waals surface area contributed by atoms with Gasteiger partial charge in [-0.1, -0.05) is 6.07 Å². The zero-order valence-corrected chi connectivity index (χ0v) is 15.2. The van der Waals surface area contributed by atoms with E-state index in [1.165, 1.54) is 18.2 Å². The average Bonchev–Trinajstić information content (AvgIpc) is 2.51. The number of ether oxygens (including phenoxy) is 2. The van der Waals surface area contributed by atoms with Gasteiger partial charge in [0.15, 0.2) is 6.61 Å².